The van der Waals surface area contributed by atoms with E-state index in [9.17, 15) is 19.2 Å². The maximum atomic E-state index is 13.9. The average molecular weight is 759 g/mol. The van der Waals surface area contributed by atoms with Gasteiger partial charge < -0.3 is 39.9 Å². The van der Waals surface area contributed by atoms with Gasteiger partial charge in [0.1, 0.15) is 23.7 Å². The largest absolute Gasteiger partial charge is 0.453 e. The molecule has 5 aromatic rings. The first kappa shape index (κ1) is 36.2. The summed E-state index contributed by atoms with van der Waals surface area (Å²) in [5, 5.41) is 9.64. The van der Waals surface area contributed by atoms with Crippen LogP contribution in [0, 0.1) is 5.92 Å². The Balaban J connectivity index is 1.09. The van der Waals surface area contributed by atoms with Crippen LogP contribution in [0.25, 0.3) is 31.9 Å². The van der Waals surface area contributed by atoms with Crippen LogP contribution in [0.3, 0.4) is 0 Å². The Morgan fingerprint density at radius 3 is 1.79 bits per heavy atom. The molecule has 0 radical (unpaired) electrons. The second-order valence-corrected chi connectivity index (χ2v) is 15.3. The van der Waals surface area contributed by atoms with Gasteiger partial charge in [0.05, 0.1) is 59.5 Å². The number of aromatic amines is 2. The van der Waals surface area contributed by atoms with Crippen molar-refractivity contribution in [3.63, 3.8) is 0 Å². The van der Waals surface area contributed by atoms with Crippen molar-refractivity contribution in [2.45, 2.75) is 63.7 Å². The summed E-state index contributed by atoms with van der Waals surface area (Å²) in [6.07, 6.45) is 5.49. The second kappa shape index (κ2) is 15.4. The van der Waals surface area contributed by atoms with Gasteiger partial charge >= 0.3 is 12.2 Å². The van der Waals surface area contributed by atoms with Crippen LogP contribution >= 0.6 is 22.7 Å². The quantitative estimate of drug-likeness (QED) is 0.124. The fraction of sp³-hybridized carbons (Fsp3) is 0.405. The molecule has 2 saturated heterocycles. The highest BCUT2D eigenvalue weighted by Gasteiger charge is 2.39. The number of rotatable bonds is 10. The van der Waals surface area contributed by atoms with Crippen LogP contribution < -0.4 is 10.6 Å². The lowest BCUT2D eigenvalue weighted by molar-refractivity contribution is -0.135. The molecule has 0 aliphatic carbocycles. The van der Waals surface area contributed by atoms with Gasteiger partial charge in [0.15, 0.2) is 0 Å². The van der Waals surface area contributed by atoms with E-state index in [1.54, 1.807) is 27.6 Å². The number of methoxy groups -OCH3 is 2. The zero-order valence-corrected chi connectivity index (χ0v) is 31.5. The first-order chi connectivity index (χ1) is 25.7. The number of hydrogen-bond acceptors (Lipinski definition) is 10. The molecule has 2 aliphatic rings. The molecule has 4 aromatic heterocycles. The zero-order valence-electron chi connectivity index (χ0n) is 29.9. The van der Waals surface area contributed by atoms with Crippen molar-refractivity contribution >= 4 is 56.1 Å². The number of nitrogens with one attached hydrogen (secondary N) is 4. The van der Waals surface area contributed by atoms with Crippen LogP contribution in [0.1, 0.15) is 74.9 Å². The number of hydrogen-bond donors (Lipinski definition) is 4. The number of carbonyl (C=O) groups excluding carboxylic acids is 4. The van der Waals surface area contributed by atoms with E-state index in [1.165, 1.54) is 14.2 Å². The third-order valence-corrected chi connectivity index (χ3v) is 12.1. The Morgan fingerprint density at radius 1 is 0.774 bits per heavy atom. The Hall–Kier alpha value is -5.22. The van der Waals surface area contributed by atoms with Gasteiger partial charge in [0.25, 0.3) is 5.91 Å². The summed E-state index contributed by atoms with van der Waals surface area (Å²) in [7, 11) is 2.57. The molecule has 2 fully saturated rings. The number of H-pyrrole nitrogens is 2. The van der Waals surface area contributed by atoms with Gasteiger partial charge in [0.2, 0.25) is 5.91 Å². The number of nitrogens with zero attached hydrogens (tertiary/aromatic N) is 4. The van der Waals surface area contributed by atoms with Crippen molar-refractivity contribution in [2.75, 3.05) is 27.3 Å². The molecule has 0 bridgehead atoms. The van der Waals surface area contributed by atoms with Gasteiger partial charge in [-0.05, 0) is 37.2 Å². The number of amides is 4. The zero-order chi connectivity index (χ0) is 37.2. The molecule has 4 N–H and O–H groups in total. The van der Waals surface area contributed by atoms with Gasteiger partial charge in [-0.1, -0.05) is 44.2 Å². The van der Waals surface area contributed by atoms with Crippen LogP contribution in [0.2, 0.25) is 0 Å². The fourth-order valence-electron chi connectivity index (χ4n) is 7.26. The van der Waals surface area contributed by atoms with Crippen LogP contribution in [0.15, 0.2) is 53.5 Å². The maximum Gasteiger partial charge on any atom is 0.407 e. The van der Waals surface area contributed by atoms with Crippen LogP contribution in [0.4, 0.5) is 9.59 Å². The molecule has 14 nitrogen and oxygen atoms in total. The van der Waals surface area contributed by atoms with E-state index < -0.39 is 24.3 Å². The molecule has 0 saturated carbocycles. The monoisotopic (exact) mass is 758 g/mol. The number of imidazole rings is 2. The Morgan fingerprint density at radius 2 is 1.28 bits per heavy atom. The molecule has 0 spiro atoms. The van der Waals surface area contributed by atoms with Crippen molar-refractivity contribution < 1.29 is 28.7 Å². The third-order valence-electron chi connectivity index (χ3n) is 9.98. The fourth-order valence-corrected chi connectivity index (χ4v) is 9.69. The van der Waals surface area contributed by atoms with Gasteiger partial charge in [-0.25, -0.2) is 19.6 Å². The summed E-state index contributed by atoms with van der Waals surface area (Å²) in [5.41, 5.74) is 4.45. The first-order valence-electron chi connectivity index (χ1n) is 17.6. The minimum absolute atomic E-state index is 0.116. The number of likely N-dealkylation sites (tertiary alicyclic amines) is 2. The molecule has 4 amide bonds. The highest BCUT2D eigenvalue weighted by atomic mass is 32.1. The normalized spacial score (nSPS) is 18.4. The lowest BCUT2D eigenvalue weighted by atomic mass is 10.0. The Labute approximate surface area is 314 Å². The number of thiophene rings is 2. The number of fused-ring (bicyclic) bond motifs is 1. The standard InChI is InChI=1S/C37H42N8O6S2/c1-20(2)28(42-36(48)50-3)34(46)44-14-8-12-26(44)32-38-16-24(40-32)22-18-52-31-23(19-53-30(22)31)25-17-39-33(41-25)27-13-9-15-45(27)35(47)29(43-37(49)51-4)21-10-6-5-7-11-21/h5-7,10-11,16-20,26-29H,8-9,12-15H2,1-4H3,(H,38,40)(H,39,41)(H,42,48)(H,43,49)/t26?,27?,28-,29+/m0/s1. The van der Waals surface area contributed by atoms with Crippen molar-refractivity contribution in [3.8, 4) is 22.5 Å². The lowest BCUT2D eigenvalue weighted by Gasteiger charge is -2.30. The molecule has 53 heavy (non-hydrogen) atoms. The summed E-state index contributed by atoms with van der Waals surface area (Å²) in [5.74, 6) is 0.930. The van der Waals surface area contributed by atoms with Crippen molar-refractivity contribution in [1.29, 1.82) is 0 Å². The molecular weight excluding hydrogens is 717 g/mol. The molecular formula is C37H42N8O6S2. The first-order valence-corrected chi connectivity index (χ1v) is 19.4. The molecule has 2 unspecified atom stereocenters. The van der Waals surface area contributed by atoms with E-state index in [4.69, 9.17) is 19.4 Å². The number of carbonyl (C=O) groups is 4. The summed E-state index contributed by atoms with van der Waals surface area (Å²) < 4.78 is 11.8. The number of alkyl carbamates (subject to hydrolysis) is 2. The smallest absolute Gasteiger partial charge is 0.407 e. The molecule has 16 heteroatoms. The SMILES string of the molecule is COC(=O)N[C@H](C(=O)N1CCCC1c1ncc(-c2csc3c(-c4cnc(C5CCCN5C(=O)[C@H](NC(=O)OC)c5ccccc5)[nH]4)csc23)[nH]1)C(C)C. The minimum Gasteiger partial charge on any atom is -0.453 e. The average Bonchev–Trinajstić information content (AvgIpc) is 4.01. The summed E-state index contributed by atoms with van der Waals surface area (Å²) >= 11 is 3.27. The molecule has 6 heterocycles. The van der Waals surface area contributed by atoms with Crippen molar-refractivity contribution in [1.82, 2.24) is 40.4 Å². The number of ether oxygens (including phenoxy) is 2. The topological polar surface area (TPSA) is 175 Å². The van der Waals surface area contributed by atoms with E-state index >= 15 is 0 Å². The van der Waals surface area contributed by atoms with Crippen LogP contribution in [0.5, 0.6) is 0 Å². The second-order valence-electron chi connectivity index (χ2n) is 13.5. The number of aromatic nitrogens is 4. The third kappa shape index (κ3) is 7.12. The van der Waals surface area contributed by atoms with Crippen molar-refractivity contribution in [2.24, 2.45) is 5.92 Å². The molecule has 1 aromatic carbocycles. The van der Waals surface area contributed by atoms with E-state index in [-0.39, 0.29) is 29.8 Å². The van der Waals surface area contributed by atoms with Crippen LogP contribution in [-0.2, 0) is 19.1 Å². The van der Waals surface area contributed by atoms with Crippen LogP contribution in [-0.4, -0.2) is 87.1 Å². The molecule has 7 rings (SSSR count). The minimum atomic E-state index is -0.888. The number of benzene rings is 1. The molecule has 2 aliphatic heterocycles. The van der Waals surface area contributed by atoms with Gasteiger partial charge in [-0.3, -0.25) is 9.59 Å². The van der Waals surface area contributed by atoms with Gasteiger partial charge in [-0.2, -0.15) is 0 Å². The Bertz CT molecular complexity index is 2100. The van der Waals surface area contributed by atoms with E-state index in [2.05, 4.69) is 31.4 Å². The highest BCUT2D eigenvalue weighted by molar-refractivity contribution is 7.27. The van der Waals surface area contributed by atoms with Gasteiger partial charge in [0, 0.05) is 35.0 Å². The Kier molecular flexibility index (Phi) is 10.5. The van der Waals surface area contributed by atoms with Gasteiger partial charge in [-0.15, -0.1) is 22.7 Å². The van der Waals surface area contributed by atoms with E-state index in [1.807, 2.05) is 61.5 Å². The van der Waals surface area contributed by atoms with E-state index in [0.717, 1.165) is 57.6 Å². The molecule has 4 atom stereocenters. The lowest BCUT2D eigenvalue weighted by Crippen LogP contribution is -2.51. The summed E-state index contributed by atoms with van der Waals surface area (Å²) in [6, 6.07) is 7.07. The van der Waals surface area contributed by atoms with E-state index in [0.29, 0.717) is 30.3 Å². The maximum absolute atomic E-state index is 13.9. The summed E-state index contributed by atoms with van der Waals surface area (Å²) in [4.78, 5) is 71.8. The highest BCUT2D eigenvalue weighted by Crippen LogP contribution is 2.44. The predicted molar refractivity (Wildman–Crippen MR) is 201 cm³/mol. The van der Waals surface area contributed by atoms with Crippen molar-refractivity contribution in [3.05, 3.63) is 70.7 Å². The predicted octanol–water partition coefficient (Wildman–Crippen LogP) is 6.55. The molecule has 278 valence electrons. The summed E-state index contributed by atoms with van der Waals surface area (Å²) in [6.45, 7) is 4.92.